The van der Waals surface area contributed by atoms with E-state index in [-0.39, 0.29) is 5.91 Å². The molecule has 4 rings (SSSR count). The number of likely N-dealkylation sites (tertiary alicyclic amines) is 1. The van der Waals surface area contributed by atoms with Crippen LogP contribution in [0.1, 0.15) is 48.9 Å². The fourth-order valence-electron chi connectivity index (χ4n) is 4.13. The van der Waals surface area contributed by atoms with Crippen molar-refractivity contribution in [1.82, 2.24) is 19.4 Å². The fourth-order valence-corrected chi connectivity index (χ4v) is 4.13. The van der Waals surface area contributed by atoms with Crippen LogP contribution in [0, 0.1) is 5.92 Å². The van der Waals surface area contributed by atoms with Gasteiger partial charge in [0.2, 0.25) is 0 Å². The summed E-state index contributed by atoms with van der Waals surface area (Å²) in [5.41, 5.74) is 0.731. The minimum atomic E-state index is 0.158. The number of aromatic nitrogens is 3. The van der Waals surface area contributed by atoms with Crippen LogP contribution in [-0.4, -0.2) is 37.9 Å². The lowest BCUT2D eigenvalue weighted by Crippen LogP contribution is -2.49. The SMILES string of the molecule is O=C(c1ccnc(-n2ccnc2)c1)N1CCCC2CCCCC21. The first kappa shape index (κ1) is 14.4. The van der Waals surface area contributed by atoms with Gasteiger partial charge in [-0.05, 0) is 43.7 Å². The largest absolute Gasteiger partial charge is 0.335 e. The Morgan fingerprint density at radius 2 is 2.00 bits per heavy atom. The zero-order chi connectivity index (χ0) is 15.6. The molecule has 2 atom stereocenters. The lowest BCUT2D eigenvalue weighted by molar-refractivity contribution is 0.0390. The highest BCUT2D eigenvalue weighted by molar-refractivity contribution is 5.94. The van der Waals surface area contributed by atoms with Crippen molar-refractivity contribution in [1.29, 1.82) is 0 Å². The van der Waals surface area contributed by atoms with Crippen LogP contribution < -0.4 is 0 Å². The van der Waals surface area contributed by atoms with Gasteiger partial charge in [0.15, 0.2) is 0 Å². The molecule has 120 valence electrons. The lowest BCUT2D eigenvalue weighted by atomic mass is 9.78. The molecule has 2 aromatic heterocycles. The molecular formula is C18H22N4O. The summed E-state index contributed by atoms with van der Waals surface area (Å²) in [6, 6.07) is 4.14. The van der Waals surface area contributed by atoms with Gasteiger partial charge in [0.05, 0.1) is 0 Å². The second kappa shape index (κ2) is 6.14. The van der Waals surface area contributed by atoms with Crippen LogP contribution in [-0.2, 0) is 0 Å². The number of amides is 1. The maximum atomic E-state index is 13.0. The van der Waals surface area contributed by atoms with E-state index in [0.29, 0.717) is 12.0 Å². The average Bonchev–Trinajstić information content (AvgIpc) is 3.15. The summed E-state index contributed by atoms with van der Waals surface area (Å²) < 4.78 is 1.83. The lowest BCUT2D eigenvalue weighted by Gasteiger charge is -2.44. The number of piperidine rings is 1. The molecule has 2 fully saturated rings. The number of carbonyl (C=O) groups is 1. The number of imidazole rings is 1. The highest BCUT2D eigenvalue weighted by atomic mass is 16.2. The normalized spacial score (nSPS) is 24.3. The Morgan fingerprint density at radius 3 is 2.87 bits per heavy atom. The van der Waals surface area contributed by atoms with Crippen molar-refractivity contribution in [3.8, 4) is 5.82 Å². The summed E-state index contributed by atoms with van der Waals surface area (Å²) in [6.07, 6.45) is 14.4. The maximum absolute atomic E-state index is 13.0. The quantitative estimate of drug-likeness (QED) is 0.856. The zero-order valence-electron chi connectivity index (χ0n) is 13.3. The molecule has 2 aromatic rings. The van der Waals surface area contributed by atoms with Crippen LogP contribution in [0.25, 0.3) is 5.82 Å². The predicted molar refractivity (Wildman–Crippen MR) is 87.4 cm³/mol. The second-order valence-electron chi connectivity index (χ2n) is 6.63. The van der Waals surface area contributed by atoms with E-state index in [1.54, 1.807) is 18.7 Å². The van der Waals surface area contributed by atoms with Crippen molar-refractivity contribution in [3.05, 3.63) is 42.6 Å². The summed E-state index contributed by atoms with van der Waals surface area (Å²) in [4.78, 5) is 23.6. The summed E-state index contributed by atoms with van der Waals surface area (Å²) in [5.74, 6) is 1.60. The standard InChI is InChI=1S/C18H22N4O/c23-18(22-10-3-5-14-4-1-2-6-16(14)22)15-7-8-20-17(12-15)21-11-9-19-13-21/h7-9,11-14,16H,1-6,10H2. The van der Waals surface area contributed by atoms with Crippen molar-refractivity contribution in [2.24, 2.45) is 5.92 Å². The van der Waals surface area contributed by atoms with E-state index in [9.17, 15) is 4.79 Å². The van der Waals surface area contributed by atoms with Crippen LogP contribution in [0.5, 0.6) is 0 Å². The van der Waals surface area contributed by atoms with E-state index in [2.05, 4.69) is 14.9 Å². The van der Waals surface area contributed by atoms with Crippen LogP contribution in [0.2, 0.25) is 0 Å². The van der Waals surface area contributed by atoms with Crippen molar-refractivity contribution in [3.63, 3.8) is 0 Å². The number of carbonyl (C=O) groups excluding carboxylic acids is 1. The number of fused-ring (bicyclic) bond motifs is 1. The minimum Gasteiger partial charge on any atom is -0.335 e. The number of nitrogens with zero attached hydrogens (tertiary/aromatic N) is 4. The molecule has 1 aliphatic carbocycles. The van der Waals surface area contributed by atoms with Crippen molar-refractivity contribution < 1.29 is 4.79 Å². The summed E-state index contributed by atoms with van der Waals surface area (Å²) in [5, 5.41) is 0. The Morgan fingerprint density at radius 1 is 1.13 bits per heavy atom. The van der Waals surface area contributed by atoms with Gasteiger partial charge in [-0.1, -0.05) is 12.8 Å². The maximum Gasteiger partial charge on any atom is 0.254 e. The first-order valence-electron chi connectivity index (χ1n) is 8.58. The number of pyridine rings is 1. The molecule has 5 heteroatoms. The molecule has 3 heterocycles. The van der Waals surface area contributed by atoms with Crippen molar-refractivity contribution >= 4 is 5.91 Å². The van der Waals surface area contributed by atoms with E-state index >= 15 is 0 Å². The first-order valence-corrected chi connectivity index (χ1v) is 8.58. The van der Waals surface area contributed by atoms with Gasteiger partial charge in [-0.15, -0.1) is 0 Å². The van der Waals surface area contributed by atoms with Crippen LogP contribution in [0.3, 0.4) is 0 Å². The van der Waals surface area contributed by atoms with Gasteiger partial charge in [-0.2, -0.15) is 0 Å². The predicted octanol–water partition coefficient (Wildman–Crippen LogP) is 3.06. The van der Waals surface area contributed by atoms with E-state index in [0.717, 1.165) is 30.8 Å². The third-order valence-corrected chi connectivity index (χ3v) is 5.27. The van der Waals surface area contributed by atoms with E-state index in [1.165, 1.54) is 25.7 Å². The van der Waals surface area contributed by atoms with Crippen molar-refractivity contribution in [2.45, 2.75) is 44.6 Å². The molecule has 0 N–H and O–H groups in total. The molecule has 23 heavy (non-hydrogen) atoms. The monoisotopic (exact) mass is 310 g/mol. The highest BCUT2D eigenvalue weighted by Gasteiger charge is 2.36. The highest BCUT2D eigenvalue weighted by Crippen LogP contribution is 2.35. The van der Waals surface area contributed by atoms with Gasteiger partial charge in [-0.3, -0.25) is 9.36 Å². The molecule has 1 aliphatic heterocycles. The molecule has 1 saturated heterocycles. The molecule has 2 unspecified atom stereocenters. The Balaban J connectivity index is 1.60. The van der Waals surface area contributed by atoms with Gasteiger partial charge in [0.1, 0.15) is 12.1 Å². The van der Waals surface area contributed by atoms with Gasteiger partial charge < -0.3 is 4.90 Å². The topological polar surface area (TPSA) is 51.0 Å². The average molecular weight is 310 g/mol. The molecular weight excluding hydrogens is 288 g/mol. The van der Waals surface area contributed by atoms with E-state index in [1.807, 2.05) is 22.9 Å². The van der Waals surface area contributed by atoms with Crippen LogP contribution >= 0.6 is 0 Å². The molecule has 5 nitrogen and oxygen atoms in total. The van der Waals surface area contributed by atoms with E-state index in [4.69, 9.17) is 0 Å². The molecule has 2 aliphatic rings. The smallest absolute Gasteiger partial charge is 0.254 e. The Kier molecular flexibility index (Phi) is 3.85. The molecule has 0 aromatic carbocycles. The summed E-state index contributed by atoms with van der Waals surface area (Å²) >= 11 is 0. The third-order valence-electron chi connectivity index (χ3n) is 5.27. The minimum absolute atomic E-state index is 0.158. The van der Waals surface area contributed by atoms with Crippen LogP contribution in [0.15, 0.2) is 37.1 Å². The Labute approximate surface area is 136 Å². The molecule has 0 spiro atoms. The summed E-state index contributed by atoms with van der Waals surface area (Å²) in [7, 11) is 0. The molecule has 1 amide bonds. The van der Waals surface area contributed by atoms with Gasteiger partial charge in [0, 0.05) is 36.7 Å². The third kappa shape index (κ3) is 2.76. The fraction of sp³-hybridized carbons (Fsp3) is 0.500. The summed E-state index contributed by atoms with van der Waals surface area (Å²) in [6.45, 7) is 0.892. The van der Waals surface area contributed by atoms with Crippen molar-refractivity contribution in [2.75, 3.05) is 6.54 Å². The number of rotatable bonds is 2. The van der Waals surface area contributed by atoms with Gasteiger partial charge in [0.25, 0.3) is 5.91 Å². The molecule has 1 saturated carbocycles. The van der Waals surface area contributed by atoms with Gasteiger partial charge >= 0.3 is 0 Å². The number of hydrogen-bond donors (Lipinski definition) is 0. The Bertz CT molecular complexity index is 680. The number of hydrogen-bond acceptors (Lipinski definition) is 3. The first-order chi connectivity index (χ1) is 11.3. The Hall–Kier alpha value is -2.17. The van der Waals surface area contributed by atoms with Crippen LogP contribution in [0.4, 0.5) is 0 Å². The van der Waals surface area contributed by atoms with Gasteiger partial charge in [-0.25, -0.2) is 9.97 Å². The van der Waals surface area contributed by atoms with E-state index < -0.39 is 0 Å². The molecule has 0 bridgehead atoms. The zero-order valence-corrected chi connectivity index (χ0v) is 13.3. The second-order valence-corrected chi connectivity index (χ2v) is 6.63. The molecule has 0 radical (unpaired) electrons.